The summed E-state index contributed by atoms with van der Waals surface area (Å²) in [6.45, 7) is 5.67. The smallest absolute Gasteiger partial charge is 0.335 e. The third-order valence-electron chi connectivity index (χ3n) is 3.85. The number of aromatic amines is 1. The van der Waals surface area contributed by atoms with Crippen LogP contribution in [0.1, 0.15) is 22.3 Å². The largest absolute Gasteiger partial charge is 0.494 e. The standard InChI is InChI=1S/C18H17N3O3/c1-10-7-11(2)15(12(3)8-10)21-17(23)14(16(22)20-18(21)24)9-13-5-4-6-19-13/h4-9,23H,1-3H3,(H,20,22,24). The molecule has 0 saturated heterocycles. The second-order valence-electron chi connectivity index (χ2n) is 5.79. The highest BCUT2D eigenvalue weighted by atomic mass is 16.3. The van der Waals surface area contributed by atoms with Crippen molar-refractivity contribution >= 4 is 12.3 Å². The number of rotatable bonds is 2. The second kappa shape index (κ2) is 5.81. The molecule has 2 aromatic rings. The summed E-state index contributed by atoms with van der Waals surface area (Å²) in [6.07, 6.45) is 6.46. The Morgan fingerprint density at radius 1 is 1.17 bits per heavy atom. The quantitative estimate of drug-likeness (QED) is 0.887. The van der Waals surface area contributed by atoms with Gasteiger partial charge in [-0.1, -0.05) is 17.7 Å². The van der Waals surface area contributed by atoms with E-state index >= 15 is 0 Å². The Balaban J connectivity index is 2.33. The number of aliphatic imine (C=N–C) groups is 1. The summed E-state index contributed by atoms with van der Waals surface area (Å²) in [6, 6.07) is 3.84. The van der Waals surface area contributed by atoms with Crippen LogP contribution in [0, 0.1) is 20.8 Å². The van der Waals surface area contributed by atoms with Crippen LogP contribution in [0.2, 0.25) is 0 Å². The molecule has 0 fully saturated rings. The van der Waals surface area contributed by atoms with E-state index in [1.807, 2.05) is 32.9 Å². The predicted molar refractivity (Wildman–Crippen MR) is 94.1 cm³/mol. The molecular formula is C18H17N3O3. The molecule has 122 valence electrons. The zero-order valence-corrected chi connectivity index (χ0v) is 13.6. The molecule has 6 heteroatoms. The van der Waals surface area contributed by atoms with Crippen LogP contribution in [0.3, 0.4) is 0 Å². The Kier molecular flexibility index (Phi) is 3.81. The van der Waals surface area contributed by atoms with Gasteiger partial charge in [-0.2, -0.15) is 0 Å². The van der Waals surface area contributed by atoms with Gasteiger partial charge in [0.2, 0.25) is 5.88 Å². The number of aryl methyl sites for hydroxylation is 3. The zero-order valence-electron chi connectivity index (χ0n) is 13.6. The van der Waals surface area contributed by atoms with Crippen LogP contribution in [-0.2, 0) is 0 Å². The summed E-state index contributed by atoms with van der Waals surface area (Å²) in [5.41, 5.74) is 2.46. The minimum Gasteiger partial charge on any atom is -0.494 e. The molecule has 0 amide bonds. The summed E-state index contributed by atoms with van der Waals surface area (Å²) in [4.78, 5) is 30.7. The van der Waals surface area contributed by atoms with Gasteiger partial charge >= 0.3 is 5.69 Å². The molecule has 0 atom stereocenters. The number of aromatic nitrogens is 2. The van der Waals surface area contributed by atoms with E-state index in [1.54, 1.807) is 18.4 Å². The summed E-state index contributed by atoms with van der Waals surface area (Å²) >= 11 is 0. The number of aromatic hydroxyl groups is 1. The normalized spacial score (nSPS) is 14.7. The fraction of sp³-hybridized carbons (Fsp3) is 0.167. The van der Waals surface area contributed by atoms with Gasteiger partial charge in [0.15, 0.2) is 0 Å². The molecule has 2 N–H and O–H groups in total. The molecule has 0 bridgehead atoms. The summed E-state index contributed by atoms with van der Waals surface area (Å²) < 4.78 is 1.13. The Morgan fingerprint density at radius 2 is 1.83 bits per heavy atom. The van der Waals surface area contributed by atoms with E-state index in [0.29, 0.717) is 11.4 Å². The first-order valence-corrected chi connectivity index (χ1v) is 7.47. The van der Waals surface area contributed by atoms with Crippen LogP contribution in [0.15, 0.2) is 44.6 Å². The van der Waals surface area contributed by atoms with Crippen molar-refractivity contribution in [2.45, 2.75) is 20.8 Å². The Bertz CT molecular complexity index is 999. The molecule has 1 aliphatic heterocycles. The van der Waals surface area contributed by atoms with Gasteiger partial charge in [-0.3, -0.25) is 14.8 Å². The van der Waals surface area contributed by atoms with Gasteiger partial charge in [-0.15, -0.1) is 0 Å². The van der Waals surface area contributed by atoms with Crippen LogP contribution in [0.25, 0.3) is 11.8 Å². The van der Waals surface area contributed by atoms with Gasteiger partial charge in [0.05, 0.1) is 11.4 Å². The zero-order chi connectivity index (χ0) is 17.4. The number of allylic oxidation sites excluding steroid dienone is 2. The van der Waals surface area contributed by atoms with Gasteiger partial charge in [-0.05, 0) is 50.1 Å². The first-order valence-electron chi connectivity index (χ1n) is 7.47. The van der Waals surface area contributed by atoms with E-state index in [9.17, 15) is 14.7 Å². The highest BCUT2D eigenvalue weighted by Crippen LogP contribution is 2.25. The number of hydrogen-bond donors (Lipinski definition) is 2. The van der Waals surface area contributed by atoms with E-state index in [-0.39, 0.29) is 5.56 Å². The van der Waals surface area contributed by atoms with Gasteiger partial charge < -0.3 is 5.11 Å². The maximum atomic E-state index is 12.3. The number of nitrogens with one attached hydrogen (secondary N) is 1. The van der Waals surface area contributed by atoms with Gasteiger partial charge in [-0.25, -0.2) is 9.36 Å². The molecule has 24 heavy (non-hydrogen) atoms. The molecule has 3 rings (SSSR count). The minimum absolute atomic E-state index is 0.00678. The van der Waals surface area contributed by atoms with Gasteiger partial charge in [0.25, 0.3) is 5.56 Å². The predicted octanol–water partition coefficient (Wildman–Crippen LogP) is 2.14. The van der Waals surface area contributed by atoms with Crippen molar-refractivity contribution < 1.29 is 5.11 Å². The summed E-state index contributed by atoms with van der Waals surface area (Å²) in [7, 11) is 0. The number of H-pyrrole nitrogens is 1. The molecule has 2 heterocycles. The maximum Gasteiger partial charge on any atom is 0.335 e. The second-order valence-corrected chi connectivity index (χ2v) is 5.79. The molecule has 1 aromatic heterocycles. The molecule has 1 aliphatic rings. The van der Waals surface area contributed by atoms with Crippen molar-refractivity contribution in [2.75, 3.05) is 0 Å². The summed E-state index contributed by atoms with van der Waals surface area (Å²) in [5.74, 6) is -0.401. The third-order valence-corrected chi connectivity index (χ3v) is 3.85. The molecule has 0 spiro atoms. The fourth-order valence-corrected chi connectivity index (χ4v) is 2.95. The SMILES string of the molecule is Cc1cc(C)c(-n2c(O)c(C=C3C=CC=N3)c(=O)[nH]c2=O)c(C)c1. The topological polar surface area (TPSA) is 87.4 Å². The van der Waals surface area contributed by atoms with Crippen molar-refractivity contribution in [1.29, 1.82) is 0 Å². The van der Waals surface area contributed by atoms with E-state index in [1.165, 1.54) is 6.08 Å². The van der Waals surface area contributed by atoms with Crippen LogP contribution in [0.4, 0.5) is 0 Å². The van der Waals surface area contributed by atoms with Crippen LogP contribution in [-0.4, -0.2) is 20.9 Å². The Hall–Kier alpha value is -3.15. The van der Waals surface area contributed by atoms with Crippen molar-refractivity contribution in [3.63, 3.8) is 0 Å². The Labute approximate surface area is 138 Å². The molecule has 0 radical (unpaired) electrons. The highest BCUT2D eigenvalue weighted by molar-refractivity contribution is 5.79. The maximum absolute atomic E-state index is 12.3. The average Bonchev–Trinajstić information content (AvgIpc) is 2.99. The van der Waals surface area contributed by atoms with Gasteiger partial charge in [0, 0.05) is 6.21 Å². The minimum atomic E-state index is -0.680. The van der Waals surface area contributed by atoms with Crippen LogP contribution < -0.4 is 11.2 Å². The highest BCUT2D eigenvalue weighted by Gasteiger charge is 2.17. The Morgan fingerprint density at radius 3 is 2.42 bits per heavy atom. The van der Waals surface area contributed by atoms with Crippen LogP contribution in [0.5, 0.6) is 5.88 Å². The molecule has 6 nitrogen and oxygen atoms in total. The molecule has 0 unspecified atom stereocenters. The number of benzene rings is 1. The van der Waals surface area contributed by atoms with Crippen LogP contribution >= 0.6 is 0 Å². The van der Waals surface area contributed by atoms with Crippen molar-refractivity contribution in [3.8, 4) is 11.6 Å². The summed E-state index contributed by atoms with van der Waals surface area (Å²) in [5, 5.41) is 10.6. The number of hydrogen-bond acceptors (Lipinski definition) is 4. The lowest BCUT2D eigenvalue weighted by Crippen LogP contribution is -2.31. The van der Waals surface area contributed by atoms with E-state index in [4.69, 9.17) is 0 Å². The van der Waals surface area contributed by atoms with Crippen molar-refractivity contribution in [3.05, 3.63) is 73.1 Å². The molecular weight excluding hydrogens is 306 g/mol. The first-order chi connectivity index (χ1) is 11.4. The van der Waals surface area contributed by atoms with E-state index in [0.717, 1.165) is 21.3 Å². The van der Waals surface area contributed by atoms with Crippen molar-refractivity contribution in [1.82, 2.24) is 9.55 Å². The monoisotopic (exact) mass is 323 g/mol. The molecule has 0 saturated carbocycles. The van der Waals surface area contributed by atoms with E-state index < -0.39 is 17.1 Å². The van der Waals surface area contributed by atoms with E-state index in [2.05, 4.69) is 9.98 Å². The average molecular weight is 323 g/mol. The lowest BCUT2D eigenvalue weighted by molar-refractivity contribution is 0.429. The number of nitrogens with zero attached hydrogens (tertiary/aromatic N) is 2. The van der Waals surface area contributed by atoms with Crippen molar-refractivity contribution in [2.24, 2.45) is 4.99 Å². The third kappa shape index (κ3) is 2.62. The fourth-order valence-electron chi connectivity index (χ4n) is 2.95. The molecule has 0 aliphatic carbocycles. The first kappa shape index (κ1) is 15.7. The lowest BCUT2D eigenvalue weighted by Gasteiger charge is -2.15. The van der Waals surface area contributed by atoms with Gasteiger partial charge in [0.1, 0.15) is 5.56 Å². The lowest BCUT2D eigenvalue weighted by atomic mass is 10.0. The molecule has 1 aromatic carbocycles.